The van der Waals surface area contributed by atoms with Crippen molar-refractivity contribution in [2.75, 3.05) is 26.8 Å². The van der Waals surface area contributed by atoms with Crippen LogP contribution in [0.5, 0.6) is 0 Å². The van der Waals surface area contributed by atoms with Crippen LogP contribution in [0.2, 0.25) is 0 Å². The van der Waals surface area contributed by atoms with E-state index in [0.29, 0.717) is 32.5 Å². The summed E-state index contributed by atoms with van der Waals surface area (Å²) < 4.78 is 4.79. The Bertz CT molecular complexity index is 365. The maximum atomic E-state index is 11.5. The Morgan fingerprint density at radius 3 is 2.61 bits per heavy atom. The lowest BCUT2D eigenvalue weighted by atomic mass is 10.3. The van der Waals surface area contributed by atoms with Crippen LogP contribution >= 0.6 is 11.3 Å². The molecule has 2 amide bonds. The van der Waals surface area contributed by atoms with Gasteiger partial charge in [-0.2, -0.15) is 0 Å². The van der Waals surface area contributed by atoms with Gasteiger partial charge in [0.25, 0.3) is 0 Å². The van der Waals surface area contributed by atoms with Gasteiger partial charge in [0.05, 0.1) is 13.0 Å². The first-order valence-corrected chi connectivity index (χ1v) is 6.65. The Morgan fingerprint density at radius 1 is 1.28 bits per heavy atom. The average molecular weight is 270 g/mol. The Balaban J connectivity index is 2.03. The third kappa shape index (κ3) is 6.36. The summed E-state index contributed by atoms with van der Waals surface area (Å²) in [6.45, 7) is 1.30. The number of hydrogen-bond acceptors (Lipinski definition) is 4. The number of ether oxygens (including phenoxy) is 1. The van der Waals surface area contributed by atoms with Crippen LogP contribution in [0.15, 0.2) is 17.5 Å². The van der Waals surface area contributed by atoms with Gasteiger partial charge in [-0.25, -0.2) is 0 Å². The van der Waals surface area contributed by atoms with E-state index in [1.54, 1.807) is 18.4 Å². The lowest BCUT2D eigenvalue weighted by molar-refractivity contribution is -0.123. The van der Waals surface area contributed by atoms with Gasteiger partial charge in [-0.15, -0.1) is 11.3 Å². The van der Waals surface area contributed by atoms with Crippen LogP contribution in [0.3, 0.4) is 0 Å². The molecule has 100 valence electrons. The zero-order valence-corrected chi connectivity index (χ0v) is 11.2. The van der Waals surface area contributed by atoms with Crippen molar-refractivity contribution in [2.24, 2.45) is 0 Å². The molecule has 0 aliphatic carbocycles. The smallest absolute Gasteiger partial charge is 0.225 e. The fourth-order valence-electron chi connectivity index (χ4n) is 1.32. The summed E-state index contributed by atoms with van der Waals surface area (Å²) in [5.41, 5.74) is 0. The summed E-state index contributed by atoms with van der Waals surface area (Å²) in [5, 5.41) is 7.40. The van der Waals surface area contributed by atoms with Crippen LogP contribution in [0, 0.1) is 0 Å². The number of carbonyl (C=O) groups is 2. The van der Waals surface area contributed by atoms with E-state index in [-0.39, 0.29) is 11.8 Å². The minimum atomic E-state index is -0.0654. The molecule has 18 heavy (non-hydrogen) atoms. The summed E-state index contributed by atoms with van der Waals surface area (Å²) in [6, 6.07) is 3.85. The van der Waals surface area contributed by atoms with Crippen LogP contribution < -0.4 is 10.6 Å². The predicted molar refractivity (Wildman–Crippen MR) is 70.5 cm³/mol. The standard InChI is InChI=1S/C12H18N2O3S/c1-17-7-4-11(15)13-5-6-14-12(16)9-10-3-2-8-18-10/h2-3,8H,4-7,9H2,1H3,(H,13,15)(H,14,16). The van der Waals surface area contributed by atoms with Gasteiger partial charge in [0.15, 0.2) is 0 Å². The summed E-state index contributed by atoms with van der Waals surface area (Å²) >= 11 is 1.56. The van der Waals surface area contributed by atoms with Gasteiger partial charge in [0.1, 0.15) is 0 Å². The minimum absolute atomic E-state index is 0.0245. The second-order valence-corrected chi connectivity index (χ2v) is 4.73. The molecule has 2 N–H and O–H groups in total. The quantitative estimate of drug-likeness (QED) is 0.678. The van der Waals surface area contributed by atoms with Crippen molar-refractivity contribution >= 4 is 23.2 Å². The zero-order valence-electron chi connectivity index (χ0n) is 10.4. The summed E-state index contributed by atoms with van der Waals surface area (Å²) in [4.78, 5) is 23.7. The molecule has 0 saturated carbocycles. The van der Waals surface area contributed by atoms with E-state index in [1.807, 2.05) is 17.5 Å². The van der Waals surface area contributed by atoms with E-state index in [4.69, 9.17) is 4.74 Å². The Kier molecular flexibility index (Phi) is 7.05. The maximum absolute atomic E-state index is 11.5. The SMILES string of the molecule is COCCC(=O)NCCNC(=O)Cc1cccs1. The number of rotatable bonds is 8. The molecule has 0 saturated heterocycles. The minimum Gasteiger partial charge on any atom is -0.384 e. The monoisotopic (exact) mass is 270 g/mol. The van der Waals surface area contributed by atoms with Crippen LogP contribution in [0.1, 0.15) is 11.3 Å². The van der Waals surface area contributed by atoms with Crippen molar-refractivity contribution < 1.29 is 14.3 Å². The second kappa shape index (κ2) is 8.66. The third-order valence-electron chi connectivity index (χ3n) is 2.22. The highest BCUT2D eigenvalue weighted by atomic mass is 32.1. The molecular weight excluding hydrogens is 252 g/mol. The largest absolute Gasteiger partial charge is 0.384 e. The van der Waals surface area contributed by atoms with E-state index < -0.39 is 0 Å². The van der Waals surface area contributed by atoms with Crippen molar-refractivity contribution in [3.8, 4) is 0 Å². The Labute approximate surface area is 111 Å². The van der Waals surface area contributed by atoms with E-state index in [1.165, 1.54) is 0 Å². The van der Waals surface area contributed by atoms with Gasteiger partial charge in [0.2, 0.25) is 11.8 Å². The number of carbonyl (C=O) groups excluding carboxylic acids is 2. The topological polar surface area (TPSA) is 67.4 Å². The molecule has 0 radical (unpaired) electrons. The van der Waals surface area contributed by atoms with Gasteiger partial charge >= 0.3 is 0 Å². The second-order valence-electron chi connectivity index (χ2n) is 3.70. The van der Waals surface area contributed by atoms with Crippen molar-refractivity contribution in [1.29, 1.82) is 0 Å². The molecule has 1 rings (SSSR count). The molecule has 0 spiro atoms. The van der Waals surface area contributed by atoms with Gasteiger partial charge in [-0.1, -0.05) is 6.07 Å². The molecule has 1 aromatic heterocycles. The first-order valence-electron chi connectivity index (χ1n) is 5.77. The van der Waals surface area contributed by atoms with Crippen molar-refractivity contribution in [3.05, 3.63) is 22.4 Å². The summed E-state index contributed by atoms with van der Waals surface area (Å²) in [7, 11) is 1.55. The van der Waals surface area contributed by atoms with E-state index in [2.05, 4.69) is 10.6 Å². The molecular formula is C12H18N2O3S. The number of hydrogen-bond donors (Lipinski definition) is 2. The Hall–Kier alpha value is -1.40. The van der Waals surface area contributed by atoms with Crippen molar-refractivity contribution in [3.63, 3.8) is 0 Å². The highest BCUT2D eigenvalue weighted by Gasteiger charge is 2.04. The fraction of sp³-hybridized carbons (Fsp3) is 0.500. The van der Waals surface area contributed by atoms with E-state index in [0.717, 1.165) is 4.88 Å². The lowest BCUT2D eigenvalue weighted by Crippen LogP contribution is -2.35. The zero-order chi connectivity index (χ0) is 13.2. The van der Waals surface area contributed by atoms with Gasteiger partial charge in [-0.3, -0.25) is 9.59 Å². The molecule has 0 bridgehead atoms. The molecule has 0 atom stereocenters. The maximum Gasteiger partial charge on any atom is 0.225 e. The number of methoxy groups -OCH3 is 1. The van der Waals surface area contributed by atoms with Crippen LogP contribution in [0.25, 0.3) is 0 Å². The van der Waals surface area contributed by atoms with Gasteiger partial charge in [-0.05, 0) is 11.4 Å². The molecule has 0 unspecified atom stereocenters. The van der Waals surface area contributed by atoms with Gasteiger partial charge in [0, 0.05) is 31.5 Å². The average Bonchev–Trinajstić information content (AvgIpc) is 2.85. The highest BCUT2D eigenvalue weighted by Crippen LogP contribution is 2.08. The lowest BCUT2D eigenvalue weighted by Gasteiger charge is -2.06. The summed E-state index contributed by atoms with van der Waals surface area (Å²) in [6.07, 6.45) is 0.745. The molecule has 0 aromatic carbocycles. The molecule has 0 aliphatic rings. The molecule has 0 aliphatic heterocycles. The predicted octanol–water partition coefficient (Wildman–Crippen LogP) is 0.560. The first-order chi connectivity index (χ1) is 8.72. The molecule has 5 nitrogen and oxygen atoms in total. The molecule has 1 heterocycles. The number of amides is 2. The first kappa shape index (κ1) is 14.7. The summed E-state index contributed by atoms with van der Waals surface area (Å²) in [5.74, 6) is -0.0899. The highest BCUT2D eigenvalue weighted by molar-refractivity contribution is 7.10. The van der Waals surface area contributed by atoms with Crippen molar-refractivity contribution in [1.82, 2.24) is 10.6 Å². The molecule has 6 heteroatoms. The van der Waals surface area contributed by atoms with Crippen LogP contribution in [-0.4, -0.2) is 38.6 Å². The number of thiophene rings is 1. The van der Waals surface area contributed by atoms with E-state index >= 15 is 0 Å². The third-order valence-corrected chi connectivity index (χ3v) is 3.09. The van der Waals surface area contributed by atoms with Gasteiger partial charge < -0.3 is 15.4 Å². The fourth-order valence-corrected chi connectivity index (χ4v) is 2.02. The molecule has 1 aromatic rings. The van der Waals surface area contributed by atoms with Crippen LogP contribution in [0.4, 0.5) is 0 Å². The van der Waals surface area contributed by atoms with E-state index in [9.17, 15) is 9.59 Å². The normalized spacial score (nSPS) is 10.1. The van der Waals surface area contributed by atoms with Crippen molar-refractivity contribution in [2.45, 2.75) is 12.8 Å². The van der Waals surface area contributed by atoms with Crippen LogP contribution in [-0.2, 0) is 20.7 Å². The molecule has 0 fully saturated rings. The Morgan fingerprint density at radius 2 is 2.00 bits per heavy atom. The number of nitrogens with one attached hydrogen (secondary N) is 2.